The van der Waals surface area contributed by atoms with Gasteiger partial charge in [0.15, 0.2) is 0 Å². The van der Waals surface area contributed by atoms with Crippen LogP contribution in [0.15, 0.2) is 29.2 Å². The fraction of sp³-hybridized carbons (Fsp3) is 0.562. The molecule has 7 nitrogen and oxygen atoms in total. The number of ether oxygens (including phenoxy) is 1. The summed E-state index contributed by atoms with van der Waals surface area (Å²) in [6.07, 6.45) is -0.382. The Balaban J connectivity index is 1.86. The van der Waals surface area contributed by atoms with Gasteiger partial charge in [-0.1, -0.05) is 23.9 Å². The Morgan fingerprint density at radius 3 is 2.56 bits per heavy atom. The first-order valence-electron chi connectivity index (χ1n) is 8.39. The maximum absolute atomic E-state index is 12.6. The second-order valence-corrected chi connectivity index (χ2v) is 9.27. The standard InChI is InChI=1S/C16H23F2N3O4S2/c1-11-9-21(10-12(2)25-11)27(23,24)8-7-19-16(22)20-13-5-3-4-6-14(13)26-15(17)18/h3-6,11-12,15H,7-10H2,1-2H3,(H2,19,20,22)/t11-,12-/m1/s1. The van der Waals surface area contributed by atoms with Gasteiger partial charge in [-0.25, -0.2) is 13.2 Å². The van der Waals surface area contributed by atoms with Gasteiger partial charge in [0.1, 0.15) is 0 Å². The second-order valence-electron chi connectivity index (χ2n) is 6.15. The topological polar surface area (TPSA) is 87.7 Å². The number of nitrogens with one attached hydrogen (secondary N) is 2. The van der Waals surface area contributed by atoms with Crippen molar-refractivity contribution in [3.05, 3.63) is 24.3 Å². The largest absolute Gasteiger partial charge is 0.373 e. The monoisotopic (exact) mass is 423 g/mol. The number of morpholine rings is 1. The number of halogens is 2. The Morgan fingerprint density at radius 2 is 1.93 bits per heavy atom. The Kier molecular flexibility index (Phi) is 7.83. The summed E-state index contributed by atoms with van der Waals surface area (Å²) in [5.74, 6) is -2.87. The van der Waals surface area contributed by atoms with Crippen LogP contribution >= 0.6 is 11.8 Å². The van der Waals surface area contributed by atoms with Crippen molar-refractivity contribution >= 4 is 33.5 Å². The van der Waals surface area contributed by atoms with Crippen LogP contribution in [0.3, 0.4) is 0 Å². The van der Waals surface area contributed by atoms with Crippen LogP contribution < -0.4 is 10.6 Å². The number of carbonyl (C=O) groups is 1. The lowest BCUT2D eigenvalue weighted by Gasteiger charge is -2.34. The molecule has 1 fully saturated rings. The molecule has 2 atom stereocenters. The number of urea groups is 1. The van der Waals surface area contributed by atoms with E-state index in [2.05, 4.69) is 10.6 Å². The summed E-state index contributed by atoms with van der Waals surface area (Å²) < 4.78 is 56.8. The molecule has 1 aromatic carbocycles. The van der Waals surface area contributed by atoms with Crippen LogP contribution in [-0.4, -0.2) is 62.1 Å². The van der Waals surface area contributed by atoms with Gasteiger partial charge in [-0.2, -0.15) is 13.1 Å². The number of benzene rings is 1. The third-order valence-electron chi connectivity index (χ3n) is 3.78. The first-order valence-corrected chi connectivity index (χ1v) is 10.9. The lowest BCUT2D eigenvalue weighted by Crippen LogP contribution is -2.49. The van der Waals surface area contributed by atoms with E-state index in [1.807, 2.05) is 0 Å². The number of anilines is 1. The van der Waals surface area contributed by atoms with Crippen LogP contribution in [0.2, 0.25) is 0 Å². The molecule has 0 unspecified atom stereocenters. The average molecular weight is 424 g/mol. The molecule has 11 heteroatoms. The summed E-state index contributed by atoms with van der Waals surface area (Å²) in [6, 6.07) is 5.51. The van der Waals surface area contributed by atoms with Crippen LogP contribution in [0.25, 0.3) is 0 Å². The zero-order chi connectivity index (χ0) is 20.0. The number of nitrogens with zero attached hydrogens (tertiary/aromatic N) is 1. The molecule has 1 aliphatic rings. The zero-order valence-electron chi connectivity index (χ0n) is 15.0. The minimum atomic E-state index is -3.53. The SMILES string of the molecule is C[C@@H]1CN(S(=O)(=O)CCNC(=O)Nc2ccccc2SC(F)F)C[C@@H](C)O1. The fourth-order valence-electron chi connectivity index (χ4n) is 2.72. The van der Waals surface area contributed by atoms with E-state index in [4.69, 9.17) is 4.74 Å². The molecular formula is C16H23F2N3O4S2. The molecule has 2 rings (SSSR count). The molecule has 1 aliphatic heterocycles. The molecule has 0 aliphatic carbocycles. The summed E-state index contributed by atoms with van der Waals surface area (Å²) >= 11 is 0.324. The van der Waals surface area contributed by atoms with E-state index in [0.29, 0.717) is 11.8 Å². The summed E-state index contributed by atoms with van der Waals surface area (Å²) in [4.78, 5) is 12.2. The lowest BCUT2D eigenvalue weighted by atomic mass is 10.3. The molecule has 0 aromatic heterocycles. The summed E-state index contributed by atoms with van der Waals surface area (Å²) in [5.41, 5.74) is 0.235. The molecule has 0 bridgehead atoms. The van der Waals surface area contributed by atoms with E-state index in [-0.39, 0.29) is 48.2 Å². The molecule has 1 heterocycles. The van der Waals surface area contributed by atoms with Crippen molar-refractivity contribution in [2.75, 3.05) is 30.7 Å². The number of rotatable bonds is 7. The van der Waals surface area contributed by atoms with E-state index < -0.39 is 21.8 Å². The summed E-state index contributed by atoms with van der Waals surface area (Å²) in [7, 11) is -3.53. The van der Waals surface area contributed by atoms with Gasteiger partial charge in [-0.3, -0.25) is 0 Å². The number of hydrogen-bond acceptors (Lipinski definition) is 5. The Morgan fingerprint density at radius 1 is 1.30 bits per heavy atom. The fourth-order valence-corrected chi connectivity index (χ4v) is 4.80. The minimum absolute atomic E-state index is 0.0988. The number of para-hydroxylation sites is 1. The summed E-state index contributed by atoms with van der Waals surface area (Å²) in [5, 5.41) is 4.91. The van der Waals surface area contributed by atoms with Crippen molar-refractivity contribution in [1.82, 2.24) is 9.62 Å². The van der Waals surface area contributed by atoms with Crippen molar-refractivity contribution < 1.29 is 26.7 Å². The van der Waals surface area contributed by atoms with Gasteiger partial charge in [0.25, 0.3) is 5.76 Å². The van der Waals surface area contributed by atoms with Crippen molar-refractivity contribution in [1.29, 1.82) is 0 Å². The van der Waals surface area contributed by atoms with Gasteiger partial charge in [0, 0.05) is 24.5 Å². The van der Waals surface area contributed by atoms with Gasteiger partial charge in [0.2, 0.25) is 10.0 Å². The van der Waals surface area contributed by atoms with E-state index in [9.17, 15) is 22.0 Å². The molecule has 152 valence electrons. The average Bonchev–Trinajstić information content (AvgIpc) is 2.55. The van der Waals surface area contributed by atoms with Gasteiger partial charge in [-0.05, 0) is 26.0 Å². The Labute approximate surface area is 161 Å². The highest BCUT2D eigenvalue weighted by molar-refractivity contribution is 7.99. The zero-order valence-corrected chi connectivity index (χ0v) is 16.7. The number of thioether (sulfide) groups is 1. The third-order valence-corrected chi connectivity index (χ3v) is 6.37. The van der Waals surface area contributed by atoms with Gasteiger partial charge in [0.05, 0.1) is 23.6 Å². The van der Waals surface area contributed by atoms with Crippen molar-refractivity contribution in [2.45, 2.75) is 36.7 Å². The lowest BCUT2D eigenvalue weighted by molar-refractivity contribution is -0.0440. The van der Waals surface area contributed by atoms with Crippen molar-refractivity contribution in [2.24, 2.45) is 0 Å². The van der Waals surface area contributed by atoms with Crippen LogP contribution in [0, 0.1) is 0 Å². The van der Waals surface area contributed by atoms with Crippen LogP contribution in [0.1, 0.15) is 13.8 Å². The second kappa shape index (κ2) is 9.67. The third kappa shape index (κ3) is 6.91. The highest BCUT2D eigenvalue weighted by atomic mass is 32.2. The van der Waals surface area contributed by atoms with Crippen LogP contribution in [0.5, 0.6) is 0 Å². The van der Waals surface area contributed by atoms with Crippen LogP contribution in [0.4, 0.5) is 19.3 Å². The number of carbonyl (C=O) groups excluding carboxylic acids is 1. The molecule has 0 radical (unpaired) electrons. The van der Waals surface area contributed by atoms with E-state index in [1.54, 1.807) is 26.0 Å². The number of hydrogen-bond donors (Lipinski definition) is 2. The maximum atomic E-state index is 12.6. The van der Waals surface area contributed by atoms with Gasteiger partial charge < -0.3 is 15.4 Å². The predicted molar refractivity (Wildman–Crippen MR) is 101 cm³/mol. The van der Waals surface area contributed by atoms with E-state index >= 15 is 0 Å². The first kappa shape index (κ1) is 21.9. The molecule has 0 saturated carbocycles. The van der Waals surface area contributed by atoms with Crippen molar-refractivity contribution in [3.8, 4) is 0 Å². The smallest absolute Gasteiger partial charge is 0.319 e. The van der Waals surface area contributed by atoms with Gasteiger partial charge >= 0.3 is 6.03 Å². The Hall–Kier alpha value is -1.43. The molecule has 1 saturated heterocycles. The van der Waals surface area contributed by atoms with Crippen LogP contribution in [-0.2, 0) is 14.8 Å². The summed E-state index contributed by atoms with van der Waals surface area (Å²) in [6.45, 7) is 4.06. The van der Waals surface area contributed by atoms with Gasteiger partial charge in [-0.15, -0.1) is 0 Å². The molecular weight excluding hydrogens is 400 g/mol. The first-order chi connectivity index (χ1) is 12.7. The highest BCUT2D eigenvalue weighted by Crippen LogP contribution is 2.31. The molecule has 1 aromatic rings. The molecule has 27 heavy (non-hydrogen) atoms. The van der Waals surface area contributed by atoms with E-state index in [0.717, 1.165) is 0 Å². The van der Waals surface area contributed by atoms with Crippen molar-refractivity contribution in [3.63, 3.8) is 0 Å². The molecule has 2 N–H and O–H groups in total. The highest BCUT2D eigenvalue weighted by Gasteiger charge is 2.30. The predicted octanol–water partition coefficient (Wildman–Crippen LogP) is 2.56. The normalized spacial score (nSPS) is 21.2. The number of amides is 2. The van der Waals surface area contributed by atoms with E-state index in [1.165, 1.54) is 16.4 Å². The molecule has 0 spiro atoms. The number of sulfonamides is 1. The Bertz CT molecular complexity index is 739. The number of alkyl halides is 2. The maximum Gasteiger partial charge on any atom is 0.319 e. The molecule has 2 amide bonds. The minimum Gasteiger partial charge on any atom is -0.373 e. The quantitative estimate of drug-likeness (QED) is 0.658.